The molecule has 1 fully saturated rings. The van der Waals surface area contributed by atoms with Gasteiger partial charge in [0.15, 0.2) is 0 Å². The number of aromatic nitrogens is 1. The molecule has 0 unspecified atom stereocenters. The Labute approximate surface area is 183 Å². The van der Waals surface area contributed by atoms with Crippen molar-refractivity contribution in [3.8, 4) is 5.69 Å². The number of hydrogen-bond donors (Lipinski definition) is 0. The number of ether oxygens (including phenoxy) is 1. The molecule has 0 atom stereocenters. The van der Waals surface area contributed by atoms with Crippen LogP contribution in [0.2, 0.25) is 0 Å². The van der Waals surface area contributed by atoms with Gasteiger partial charge in [-0.15, -0.1) is 0 Å². The fraction of sp³-hybridized carbons (Fsp3) is 0.417. The quantitative estimate of drug-likeness (QED) is 0.454. The number of carbonyl (C=O) groups is 2. The number of nitrogens with zero attached hydrogens (tertiary/aromatic N) is 2. The van der Waals surface area contributed by atoms with Crippen molar-refractivity contribution in [1.82, 2.24) is 9.47 Å². The van der Waals surface area contributed by atoms with Gasteiger partial charge in [-0.25, -0.2) is 0 Å². The average Bonchev–Trinajstić information content (AvgIpc) is 3.11. The highest BCUT2D eigenvalue weighted by molar-refractivity contribution is 8.18. The molecule has 1 aromatic heterocycles. The topological polar surface area (TPSA) is 51.5 Å². The summed E-state index contributed by atoms with van der Waals surface area (Å²) in [6.07, 6.45) is 2.48. The Balaban J connectivity index is 1.87. The number of imide groups is 1. The van der Waals surface area contributed by atoms with Gasteiger partial charge in [0.2, 0.25) is 0 Å². The van der Waals surface area contributed by atoms with Crippen molar-refractivity contribution in [3.63, 3.8) is 0 Å². The summed E-state index contributed by atoms with van der Waals surface area (Å²) in [6, 6.07) is 10.7. The number of amides is 2. The molecule has 1 aliphatic rings. The second-order valence-electron chi connectivity index (χ2n) is 8.64. The zero-order chi connectivity index (χ0) is 22.1. The third-order valence-electron chi connectivity index (χ3n) is 5.35. The zero-order valence-corrected chi connectivity index (χ0v) is 19.4. The van der Waals surface area contributed by atoms with Gasteiger partial charge in [0.05, 0.1) is 4.91 Å². The first-order chi connectivity index (χ1) is 14.1. The predicted molar refractivity (Wildman–Crippen MR) is 123 cm³/mol. The second-order valence-corrected chi connectivity index (χ2v) is 9.63. The van der Waals surface area contributed by atoms with Crippen LogP contribution in [0, 0.1) is 13.8 Å². The van der Waals surface area contributed by atoms with Crippen molar-refractivity contribution in [3.05, 3.63) is 57.8 Å². The largest absolute Gasteiger partial charge is 0.385 e. The first kappa shape index (κ1) is 22.4. The van der Waals surface area contributed by atoms with Gasteiger partial charge >= 0.3 is 0 Å². The molecule has 0 radical (unpaired) electrons. The first-order valence-electron chi connectivity index (χ1n) is 10.2. The summed E-state index contributed by atoms with van der Waals surface area (Å²) in [7, 11) is 1.61. The highest BCUT2D eigenvalue weighted by Gasteiger charge is 2.34. The van der Waals surface area contributed by atoms with Crippen molar-refractivity contribution in [2.75, 3.05) is 20.3 Å². The lowest BCUT2D eigenvalue weighted by molar-refractivity contribution is -0.122. The molecule has 1 aromatic carbocycles. The fourth-order valence-electron chi connectivity index (χ4n) is 3.64. The molecule has 160 valence electrons. The van der Waals surface area contributed by atoms with Gasteiger partial charge in [0.25, 0.3) is 11.1 Å². The van der Waals surface area contributed by atoms with E-state index < -0.39 is 0 Å². The van der Waals surface area contributed by atoms with Crippen molar-refractivity contribution >= 4 is 29.0 Å². The number of rotatable bonds is 6. The summed E-state index contributed by atoms with van der Waals surface area (Å²) in [6.45, 7) is 11.6. The van der Waals surface area contributed by atoms with E-state index in [2.05, 4.69) is 62.6 Å². The third-order valence-corrected chi connectivity index (χ3v) is 6.26. The standard InChI is InChI=1S/C24H30N2O3S/c1-16-14-18(15-21-22(27)25(23(28)30-21)12-7-13-29-6)17(2)26(16)20-10-8-19(9-11-20)24(3,4)5/h8-11,14-15H,7,12-13H2,1-6H3/b21-15+. The number of benzene rings is 1. The number of aryl methyl sites for hydroxylation is 1. The second kappa shape index (κ2) is 8.82. The van der Waals surface area contributed by atoms with Crippen LogP contribution < -0.4 is 0 Å². The lowest BCUT2D eigenvalue weighted by atomic mass is 9.87. The normalized spacial score (nSPS) is 16.2. The third kappa shape index (κ3) is 4.55. The van der Waals surface area contributed by atoms with Gasteiger partial charge in [-0.1, -0.05) is 32.9 Å². The molecule has 1 saturated heterocycles. The van der Waals surface area contributed by atoms with E-state index in [0.717, 1.165) is 34.4 Å². The SMILES string of the molecule is COCCCN1C(=O)S/C(=C/c2cc(C)n(-c3ccc(C(C)(C)C)cc3)c2C)C1=O. The molecular weight excluding hydrogens is 396 g/mol. The van der Waals surface area contributed by atoms with Crippen LogP contribution in [-0.4, -0.2) is 40.9 Å². The maximum atomic E-state index is 12.7. The van der Waals surface area contributed by atoms with E-state index in [-0.39, 0.29) is 16.6 Å². The summed E-state index contributed by atoms with van der Waals surface area (Å²) in [5.41, 5.74) is 5.57. The van der Waals surface area contributed by atoms with Gasteiger partial charge in [0.1, 0.15) is 0 Å². The Morgan fingerprint density at radius 3 is 2.37 bits per heavy atom. The molecule has 6 heteroatoms. The molecule has 2 aromatic rings. The fourth-order valence-corrected chi connectivity index (χ4v) is 4.50. The molecule has 2 amide bonds. The van der Waals surface area contributed by atoms with Crippen molar-refractivity contribution in [2.45, 2.75) is 46.5 Å². The lowest BCUT2D eigenvalue weighted by Gasteiger charge is -2.20. The van der Waals surface area contributed by atoms with Crippen LogP contribution in [-0.2, 0) is 14.9 Å². The Kier molecular flexibility index (Phi) is 6.58. The molecule has 0 saturated carbocycles. The van der Waals surface area contributed by atoms with E-state index in [1.54, 1.807) is 7.11 Å². The van der Waals surface area contributed by atoms with Crippen LogP contribution in [0.3, 0.4) is 0 Å². The van der Waals surface area contributed by atoms with Crippen LogP contribution in [0.5, 0.6) is 0 Å². The summed E-state index contributed by atoms with van der Waals surface area (Å²) in [4.78, 5) is 26.7. The van der Waals surface area contributed by atoms with Crippen molar-refractivity contribution < 1.29 is 14.3 Å². The highest BCUT2D eigenvalue weighted by Crippen LogP contribution is 2.34. The van der Waals surface area contributed by atoms with E-state index in [1.807, 2.05) is 13.0 Å². The Morgan fingerprint density at radius 2 is 1.77 bits per heavy atom. The highest BCUT2D eigenvalue weighted by atomic mass is 32.2. The van der Waals surface area contributed by atoms with Crippen molar-refractivity contribution in [2.24, 2.45) is 0 Å². The minimum Gasteiger partial charge on any atom is -0.385 e. The van der Waals surface area contributed by atoms with Crippen molar-refractivity contribution in [1.29, 1.82) is 0 Å². The molecule has 2 heterocycles. The summed E-state index contributed by atoms with van der Waals surface area (Å²) in [5, 5.41) is -0.214. The molecule has 5 nitrogen and oxygen atoms in total. The van der Waals surface area contributed by atoms with Gasteiger partial charge in [-0.3, -0.25) is 14.5 Å². The van der Waals surface area contributed by atoms with E-state index in [1.165, 1.54) is 10.5 Å². The smallest absolute Gasteiger partial charge is 0.293 e. The van der Waals surface area contributed by atoms with E-state index in [0.29, 0.717) is 24.5 Å². The predicted octanol–water partition coefficient (Wildman–Crippen LogP) is 5.46. The van der Waals surface area contributed by atoms with Crippen LogP contribution in [0.4, 0.5) is 4.79 Å². The Hall–Kier alpha value is -2.31. The lowest BCUT2D eigenvalue weighted by Crippen LogP contribution is -2.29. The molecular formula is C24H30N2O3S. The maximum absolute atomic E-state index is 12.7. The summed E-state index contributed by atoms with van der Waals surface area (Å²) >= 11 is 1.01. The number of hydrogen-bond acceptors (Lipinski definition) is 4. The van der Waals surface area contributed by atoms with Crippen LogP contribution >= 0.6 is 11.8 Å². The Morgan fingerprint density at radius 1 is 1.10 bits per heavy atom. The summed E-state index contributed by atoms with van der Waals surface area (Å²) < 4.78 is 7.20. The average molecular weight is 427 g/mol. The van der Waals surface area contributed by atoms with Gasteiger partial charge in [-0.2, -0.15) is 0 Å². The number of carbonyl (C=O) groups excluding carboxylic acids is 2. The molecule has 0 N–H and O–H groups in total. The van der Waals surface area contributed by atoms with E-state index in [9.17, 15) is 9.59 Å². The van der Waals surface area contributed by atoms with Crippen LogP contribution in [0.1, 0.15) is 49.7 Å². The molecule has 0 aliphatic carbocycles. The summed E-state index contributed by atoms with van der Waals surface area (Å²) in [5.74, 6) is -0.222. The molecule has 3 rings (SSSR count). The zero-order valence-electron chi connectivity index (χ0n) is 18.6. The van der Waals surface area contributed by atoms with Crippen LogP contribution in [0.15, 0.2) is 35.2 Å². The van der Waals surface area contributed by atoms with Gasteiger partial charge in [-0.05, 0) is 72.8 Å². The minimum atomic E-state index is -0.222. The monoisotopic (exact) mass is 426 g/mol. The van der Waals surface area contributed by atoms with E-state index in [4.69, 9.17) is 4.74 Å². The maximum Gasteiger partial charge on any atom is 0.293 e. The van der Waals surface area contributed by atoms with E-state index >= 15 is 0 Å². The van der Waals surface area contributed by atoms with Gasteiger partial charge < -0.3 is 9.30 Å². The van der Waals surface area contributed by atoms with Gasteiger partial charge in [0, 0.05) is 37.3 Å². The minimum absolute atomic E-state index is 0.108. The molecule has 30 heavy (non-hydrogen) atoms. The first-order valence-corrected chi connectivity index (χ1v) is 11.0. The molecule has 1 aliphatic heterocycles. The Bertz CT molecular complexity index is 981. The molecule has 0 bridgehead atoms. The van der Waals surface area contributed by atoms with Crippen LogP contribution in [0.25, 0.3) is 11.8 Å². The number of thioether (sulfide) groups is 1. The number of methoxy groups -OCH3 is 1. The molecule has 0 spiro atoms.